The van der Waals surface area contributed by atoms with E-state index in [4.69, 9.17) is 4.74 Å². The van der Waals surface area contributed by atoms with Crippen LogP contribution in [0.25, 0.3) is 11.3 Å². The zero-order valence-corrected chi connectivity index (χ0v) is 15.1. The number of benzene rings is 2. The van der Waals surface area contributed by atoms with Crippen molar-refractivity contribution in [2.75, 3.05) is 6.61 Å². The molecule has 0 radical (unpaired) electrons. The van der Waals surface area contributed by atoms with E-state index in [2.05, 4.69) is 20.7 Å². The van der Waals surface area contributed by atoms with Gasteiger partial charge in [0.1, 0.15) is 17.2 Å². The summed E-state index contributed by atoms with van der Waals surface area (Å²) in [5.41, 5.74) is 5.55. The molecule has 0 spiro atoms. The number of rotatable bonds is 6. The third-order valence-corrected chi connectivity index (χ3v) is 3.98. The molecule has 138 valence electrons. The lowest BCUT2D eigenvalue weighted by Crippen LogP contribution is -2.19. The molecule has 3 N–H and O–H groups in total. The number of aromatic amines is 1. The SMILES string of the molecule is CCOc1ccc(-c2n[nH]c(C(=O)N/N=C\c3ccccc3O)c2C)cc1. The molecule has 3 rings (SSSR count). The number of hydrazone groups is 1. The second-order valence-corrected chi connectivity index (χ2v) is 5.79. The van der Waals surface area contributed by atoms with E-state index >= 15 is 0 Å². The minimum absolute atomic E-state index is 0.0889. The molecule has 7 nitrogen and oxygen atoms in total. The van der Waals surface area contributed by atoms with Gasteiger partial charge >= 0.3 is 0 Å². The van der Waals surface area contributed by atoms with Crippen molar-refractivity contribution in [2.45, 2.75) is 13.8 Å². The smallest absolute Gasteiger partial charge is 0.289 e. The summed E-state index contributed by atoms with van der Waals surface area (Å²) >= 11 is 0. The van der Waals surface area contributed by atoms with Crippen LogP contribution in [0.15, 0.2) is 53.6 Å². The van der Waals surface area contributed by atoms with Crippen molar-refractivity contribution in [2.24, 2.45) is 5.10 Å². The third kappa shape index (κ3) is 4.14. The van der Waals surface area contributed by atoms with Crippen LogP contribution < -0.4 is 10.2 Å². The Kier molecular flexibility index (Phi) is 5.51. The standard InChI is InChI=1S/C20H20N4O3/c1-3-27-16-10-8-14(9-11-16)18-13(2)19(23-22-18)20(26)24-21-12-15-6-4-5-7-17(15)25/h4-12,25H,3H2,1-2H3,(H,22,23)(H,24,26)/b21-12-. The minimum atomic E-state index is -0.413. The first-order chi connectivity index (χ1) is 13.1. The number of para-hydroxylation sites is 1. The Morgan fingerprint density at radius 1 is 1.26 bits per heavy atom. The molecule has 0 aliphatic carbocycles. The lowest BCUT2D eigenvalue weighted by Gasteiger charge is -2.04. The van der Waals surface area contributed by atoms with Gasteiger partial charge in [-0.15, -0.1) is 0 Å². The quantitative estimate of drug-likeness (QED) is 0.462. The van der Waals surface area contributed by atoms with Crippen molar-refractivity contribution in [1.29, 1.82) is 0 Å². The van der Waals surface area contributed by atoms with Gasteiger partial charge in [0, 0.05) is 16.7 Å². The first-order valence-electron chi connectivity index (χ1n) is 8.49. The third-order valence-electron chi connectivity index (χ3n) is 3.98. The molecule has 0 saturated carbocycles. The van der Waals surface area contributed by atoms with Gasteiger partial charge in [0.15, 0.2) is 0 Å². The number of phenolic OH excluding ortho intramolecular Hbond substituents is 1. The van der Waals surface area contributed by atoms with Gasteiger partial charge in [0.25, 0.3) is 5.91 Å². The first-order valence-corrected chi connectivity index (χ1v) is 8.49. The summed E-state index contributed by atoms with van der Waals surface area (Å²) in [6.45, 7) is 4.35. The van der Waals surface area contributed by atoms with E-state index in [0.717, 1.165) is 16.9 Å². The van der Waals surface area contributed by atoms with E-state index in [9.17, 15) is 9.90 Å². The Hall–Kier alpha value is -3.61. The van der Waals surface area contributed by atoms with Gasteiger partial charge in [-0.25, -0.2) is 5.43 Å². The molecule has 0 saturated heterocycles. The normalized spacial score (nSPS) is 10.9. The summed E-state index contributed by atoms with van der Waals surface area (Å²) in [6, 6.07) is 14.2. The van der Waals surface area contributed by atoms with Gasteiger partial charge in [0.05, 0.1) is 18.5 Å². The molecule has 1 heterocycles. The molecule has 1 amide bonds. The number of carbonyl (C=O) groups is 1. The summed E-state index contributed by atoms with van der Waals surface area (Å²) in [5.74, 6) is 0.459. The van der Waals surface area contributed by atoms with Crippen molar-refractivity contribution in [1.82, 2.24) is 15.6 Å². The number of aromatic hydroxyl groups is 1. The average Bonchev–Trinajstić information content (AvgIpc) is 3.06. The van der Waals surface area contributed by atoms with Crippen LogP contribution in [0.3, 0.4) is 0 Å². The molecule has 0 bridgehead atoms. The van der Waals surface area contributed by atoms with Crippen molar-refractivity contribution in [3.05, 3.63) is 65.4 Å². The number of H-pyrrole nitrogens is 1. The van der Waals surface area contributed by atoms with Crippen LogP contribution in [0.1, 0.15) is 28.5 Å². The fourth-order valence-electron chi connectivity index (χ4n) is 2.59. The van der Waals surface area contributed by atoms with Crippen molar-refractivity contribution in [3.8, 4) is 22.8 Å². The molecule has 7 heteroatoms. The fourth-order valence-corrected chi connectivity index (χ4v) is 2.59. The number of hydrogen-bond acceptors (Lipinski definition) is 5. The highest BCUT2D eigenvalue weighted by molar-refractivity contribution is 5.96. The second-order valence-electron chi connectivity index (χ2n) is 5.79. The van der Waals surface area contributed by atoms with Gasteiger partial charge < -0.3 is 9.84 Å². The Bertz CT molecular complexity index is 962. The van der Waals surface area contributed by atoms with Crippen LogP contribution in [0, 0.1) is 6.92 Å². The predicted molar refractivity (Wildman–Crippen MR) is 103 cm³/mol. The molecule has 0 atom stereocenters. The van der Waals surface area contributed by atoms with Crippen molar-refractivity contribution >= 4 is 12.1 Å². The fraction of sp³-hybridized carbons (Fsp3) is 0.150. The zero-order valence-electron chi connectivity index (χ0n) is 15.1. The van der Waals surface area contributed by atoms with E-state index < -0.39 is 5.91 Å². The maximum Gasteiger partial charge on any atom is 0.289 e. The number of nitrogens with zero attached hydrogens (tertiary/aromatic N) is 2. The second kappa shape index (κ2) is 8.18. The molecule has 27 heavy (non-hydrogen) atoms. The number of ether oxygens (including phenoxy) is 1. The Labute approximate surface area is 156 Å². The Balaban J connectivity index is 1.72. The highest BCUT2D eigenvalue weighted by atomic mass is 16.5. The van der Waals surface area contributed by atoms with Crippen LogP contribution in [0.4, 0.5) is 0 Å². The van der Waals surface area contributed by atoms with E-state index in [1.54, 1.807) is 24.3 Å². The number of nitrogens with one attached hydrogen (secondary N) is 2. The van der Waals surface area contributed by atoms with Crippen LogP contribution >= 0.6 is 0 Å². The van der Waals surface area contributed by atoms with Crippen LogP contribution in [0.5, 0.6) is 11.5 Å². The Morgan fingerprint density at radius 3 is 2.70 bits per heavy atom. The Morgan fingerprint density at radius 2 is 2.00 bits per heavy atom. The largest absolute Gasteiger partial charge is 0.507 e. The van der Waals surface area contributed by atoms with E-state index in [0.29, 0.717) is 23.6 Å². The van der Waals surface area contributed by atoms with Crippen LogP contribution in [0.2, 0.25) is 0 Å². The molecular weight excluding hydrogens is 344 g/mol. The topological polar surface area (TPSA) is 99.6 Å². The first kappa shape index (κ1) is 18.2. The van der Waals surface area contributed by atoms with Gasteiger partial charge in [-0.05, 0) is 50.2 Å². The lowest BCUT2D eigenvalue weighted by atomic mass is 10.1. The van der Waals surface area contributed by atoms with E-state index in [-0.39, 0.29) is 5.75 Å². The monoisotopic (exact) mass is 364 g/mol. The number of amides is 1. The average molecular weight is 364 g/mol. The number of phenols is 1. The zero-order chi connectivity index (χ0) is 19.2. The minimum Gasteiger partial charge on any atom is -0.507 e. The molecule has 2 aromatic carbocycles. The molecule has 0 unspecified atom stereocenters. The van der Waals surface area contributed by atoms with Gasteiger partial charge in [-0.2, -0.15) is 10.2 Å². The summed E-state index contributed by atoms with van der Waals surface area (Å²) in [5, 5.41) is 20.6. The van der Waals surface area contributed by atoms with Gasteiger partial charge in [-0.3, -0.25) is 9.89 Å². The van der Waals surface area contributed by atoms with E-state index in [1.165, 1.54) is 6.21 Å². The number of hydrogen-bond donors (Lipinski definition) is 3. The highest BCUT2D eigenvalue weighted by Crippen LogP contribution is 2.25. The molecule has 0 aliphatic rings. The summed E-state index contributed by atoms with van der Waals surface area (Å²) < 4.78 is 5.43. The molecule has 3 aromatic rings. The van der Waals surface area contributed by atoms with Gasteiger partial charge in [0.2, 0.25) is 0 Å². The summed E-state index contributed by atoms with van der Waals surface area (Å²) in [4.78, 5) is 12.3. The van der Waals surface area contributed by atoms with Crippen LogP contribution in [-0.4, -0.2) is 34.0 Å². The maximum absolute atomic E-state index is 12.3. The molecular formula is C20H20N4O3. The summed E-state index contributed by atoms with van der Waals surface area (Å²) in [7, 11) is 0. The molecule has 0 fully saturated rings. The predicted octanol–water partition coefficient (Wildman–Crippen LogP) is 3.25. The van der Waals surface area contributed by atoms with Gasteiger partial charge in [-0.1, -0.05) is 12.1 Å². The maximum atomic E-state index is 12.3. The number of aromatic nitrogens is 2. The molecule has 0 aliphatic heterocycles. The van der Waals surface area contributed by atoms with Crippen molar-refractivity contribution < 1.29 is 14.6 Å². The molecule has 1 aromatic heterocycles. The highest BCUT2D eigenvalue weighted by Gasteiger charge is 2.16. The van der Waals surface area contributed by atoms with E-state index in [1.807, 2.05) is 38.1 Å². The van der Waals surface area contributed by atoms with Crippen LogP contribution in [-0.2, 0) is 0 Å². The lowest BCUT2D eigenvalue weighted by molar-refractivity contribution is 0.0949. The summed E-state index contributed by atoms with van der Waals surface area (Å²) in [6.07, 6.45) is 1.38. The van der Waals surface area contributed by atoms with Crippen molar-refractivity contribution in [3.63, 3.8) is 0 Å². The number of carbonyl (C=O) groups excluding carboxylic acids is 1.